The molecule has 12 heavy (non-hydrogen) atoms. The highest BCUT2D eigenvalue weighted by Gasteiger charge is 2.05. The minimum Gasteiger partial charge on any atom is -0.459 e. The third-order valence-corrected chi connectivity index (χ3v) is 2.00. The third-order valence-electron chi connectivity index (χ3n) is 1.61. The van der Waals surface area contributed by atoms with E-state index in [1.54, 1.807) is 0 Å². The first-order valence-electron chi connectivity index (χ1n) is 4.58. The van der Waals surface area contributed by atoms with Gasteiger partial charge in [0, 0.05) is 12.8 Å². The molecule has 2 nitrogen and oxygen atoms in total. The van der Waals surface area contributed by atoms with E-state index in [0.717, 1.165) is 19.3 Å². The van der Waals surface area contributed by atoms with Crippen molar-refractivity contribution in [1.29, 1.82) is 0 Å². The van der Waals surface area contributed by atoms with Gasteiger partial charge in [-0.1, -0.05) is 26.7 Å². The molecule has 72 valence electrons. The Balaban J connectivity index is 3.32. The van der Waals surface area contributed by atoms with Crippen LogP contribution in [0.5, 0.6) is 0 Å². The van der Waals surface area contributed by atoms with Crippen molar-refractivity contribution in [2.45, 2.75) is 52.2 Å². The average molecular weight is 190 g/mol. The molecule has 0 aromatic rings. The Hall–Kier alpha value is -0.150. The van der Waals surface area contributed by atoms with Gasteiger partial charge in [-0.2, -0.15) is 0 Å². The summed E-state index contributed by atoms with van der Waals surface area (Å²) in [6, 6.07) is 0. The van der Waals surface area contributed by atoms with E-state index in [2.05, 4.69) is 6.92 Å². The molecule has 0 bridgehead atoms. The van der Waals surface area contributed by atoms with Crippen LogP contribution < -0.4 is 0 Å². The lowest BCUT2D eigenvalue weighted by molar-refractivity contribution is -0.0336. The predicted molar refractivity (Wildman–Crippen MR) is 54.1 cm³/mol. The molecule has 1 unspecified atom stereocenters. The molecular weight excluding hydrogens is 172 g/mol. The maximum atomic E-state index is 9.27. The van der Waals surface area contributed by atoms with Crippen LogP contribution >= 0.6 is 12.2 Å². The van der Waals surface area contributed by atoms with Crippen LogP contribution in [0.2, 0.25) is 0 Å². The molecule has 0 aliphatic rings. The second kappa shape index (κ2) is 7.50. The molecule has 0 saturated carbocycles. The van der Waals surface area contributed by atoms with Crippen LogP contribution in [0.1, 0.15) is 46.0 Å². The largest absolute Gasteiger partial charge is 0.459 e. The van der Waals surface area contributed by atoms with Crippen LogP contribution in [0.4, 0.5) is 0 Å². The van der Waals surface area contributed by atoms with Gasteiger partial charge in [-0.25, -0.2) is 0 Å². The van der Waals surface area contributed by atoms with E-state index in [9.17, 15) is 5.11 Å². The molecule has 0 heterocycles. The first kappa shape index (κ1) is 11.8. The molecular formula is C9H18O2S. The molecule has 0 saturated heterocycles. The molecule has 0 rings (SSSR count). The first-order valence-corrected chi connectivity index (χ1v) is 4.99. The Morgan fingerprint density at radius 3 is 2.58 bits per heavy atom. The van der Waals surface area contributed by atoms with E-state index in [1.165, 1.54) is 0 Å². The third kappa shape index (κ3) is 6.55. The molecule has 0 aromatic heterocycles. The first-order chi connectivity index (χ1) is 5.70. The second-order valence-corrected chi connectivity index (χ2v) is 3.25. The van der Waals surface area contributed by atoms with Crippen LogP contribution in [0.25, 0.3) is 0 Å². The normalized spacial score (nSPS) is 12.6. The zero-order chi connectivity index (χ0) is 9.40. The van der Waals surface area contributed by atoms with Crippen molar-refractivity contribution < 1.29 is 9.84 Å². The monoisotopic (exact) mass is 190 g/mol. The van der Waals surface area contributed by atoms with E-state index < -0.39 is 6.29 Å². The fraction of sp³-hybridized carbons (Fsp3) is 0.889. The highest BCUT2D eigenvalue weighted by molar-refractivity contribution is 7.80. The van der Waals surface area contributed by atoms with E-state index in [4.69, 9.17) is 17.0 Å². The molecule has 0 aromatic carbocycles. The minimum absolute atomic E-state index is 0.499. The SMILES string of the molecule is CCCCCC(O)OC(=S)CC. The molecule has 1 atom stereocenters. The number of aliphatic hydroxyl groups is 1. The summed E-state index contributed by atoms with van der Waals surface area (Å²) in [5, 5.41) is 9.77. The summed E-state index contributed by atoms with van der Waals surface area (Å²) in [7, 11) is 0. The van der Waals surface area contributed by atoms with E-state index in [-0.39, 0.29) is 0 Å². The Morgan fingerprint density at radius 1 is 1.42 bits per heavy atom. The molecule has 0 fully saturated rings. The van der Waals surface area contributed by atoms with Crippen LogP contribution in [0.3, 0.4) is 0 Å². The number of thiocarbonyl (C=S) groups is 1. The fourth-order valence-corrected chi connectivity index (χ4v) is 0.974. The smallest absolute Gasteiger partial charge is 0.198 e. The van der Waals surface area contributed by atoms with Gasteiger partial charge in [0.1, 0.15) is 0 Å². The van der Waals surface area contributed by atoms with Gasteiger partial charge in [0.05, 0.1) is 0 Å². The van der Waals surface area contributed by atoms with Gasteiger partial charge in [-0.05, 0) is 18.6 Å². The van der Waals surface area contributed by atoms with Crippen molar-refractivity contribution in [1.82, 2.24) is 0 Å². The number of hydrogen-bond acceptors (Lipinski definition) is 3. The lowest BCUT2D eigenvalue weighted by Crippen LogP contribution is -2.15. The summed E-state index contributed by atoms with van der Waals surface area (Å²) in [5.74, 6) is 0. The molecule has 1 N–H and O–H groups in total. The maximum Gasteiger partial charge on any atom is 0.198 e. The summed E-state index contributed by atoms with van der Waals surface area (Å²) >= 11 is 4.83. The molecule has 0 aliphatic heterocycles. The second-order valence-electron chi connectivity index (χ2n) is 2.79. The van der Waals surface area contributed by atoms with Crippen molar-refractivity contribution in [3.05, 3.63) is 0 Å². The number of hydrogen-bond donors (Lipinski definition) is 1. The van der Waals surface area contributed by atoms with Gasteiger partial charge in [0.2, 0.25) is 0 Å². The molecule has 0 amide bonds. The van der Waals surface area contributed by atoms with Crippen LogP contribution in [0, 0.1) is 0 Å². The van der Waals surface area contributed by atoms with E-state index in [0.29, 0.717) is 17.9 Å². The van der Waals surface area contributed by atoms with Gasteiger partial charge in [-0.15, -0.1) is 0 Å². The minimum atomic E-state index is -0.691. The highest BCUT2D eigenvalue weighted by atomic mass is 32.1. The Labute approximate surface area is 79.9 Å². The quantitative estimate of drug-likeness (QED) is 0.396. The maximum absolute atomic E-state index is 9.27. The zero-order valence-corrected chi connectivity index (χ0v) is 8.69. The molecule has 3 heteroatoms. The number of ether oxygens (including phenoxy) is 1. The Bertz CT molecular complexity index is 126. The van der Waals surface area contributed by atoms with Gasteiger partial charge in [0.15, 0.2) is 11.3 Å². The lowest BCUT2D eigenvalue weighted by Gasteiger charge is -2.12. The van der Waals surface area contributed by atoms with Crippen LogP contribution in [-0.4, -0.2) is 16.4 Å². The van der Waals surface area contributed by atoms with Crippen LogP contribution in [-0.2, 0) is 4.74 Å². The molecule has 0 spiro atoms. The number of unbranched alkanes of at least 4 members (excludes halogenated alkanes) is 2. The topological polar surface area (TPSA) is 29.5 Å². The van der Waals surface area contributed by atoms with Gasteiger partial charge in [-0.3, -0.25) is 0 Å². The fourth-order valence-electron chi connectivity index (χ4n) is 0.863. The summed E-state index contributed by atoms with van der Waals surface area (Å²) in [5.41, 5.74) is 0. The molecule has 0 radical (unpaired) electrons. The Kier molecular flexibility index (Phi) is 7.40. The summed E-state index contributed by atoms with van der Waals surface area (Å²) in [6.45, 7) is 4.05. The van der Waals surface area contributed by atoms with Crippen molar-refractivity contribution in [2.24, 2.45) is 0 Å². The standard InChI is InChI=1S/C9H18O2S/c1-3-5-6-7-8(10)11-9(12)4-2/h8,10H,3-7H2,1-2H3. The summed E-state index contributed by atoms with van der Waals surface area (Å²) in [6.07, 6.45) is 3.99. The van der Waals surface area contributed by atoms with Crippen LogP contribution in [0.15, 0.2) is 0 Å². The lowest BCUT2D eigenvalue weighted by atomic mass is 10.2. The van der Waals surface area contributed by atoms with Crippen molar-refractivity contribution >= 4 is 17.3 Å². The summed E-state index contributed by atoms with van der Waals surface area (Å²) < 4.78 is 5.03. The van der Waals surface area contributed by atoms with E-state index >= 15 is 0 Å². The van der Waals surface area contributed by atoms with Crippen molar-refractivity contribution in [3.8, 4) is 0 Å². The van der Waals surface area contributed by atoms with Gasteiger partial charge >= 0.3 is 0 Å². The zero-order valence-electron chi connectivity index (χ0n) is 7.88. The van der Waals surface area contributed by atoms with Crippen molar-refractivity contribution in [3.63, 3.8) is 0 Å². The number of aliphatic hydroxyl groups excluding tert-OH is 1. The van der Waals surface area contributed by atoms with E-state index in [1.807, 2.05) is 6.92 Å². The van der Waals surface area contributed by atoms with Gasteiger partial charge in [0.25, 0.3) is 0 Å². The Morgan fingerprint density at radius 2 is 2.08 bits per heavy atom. The van der Waals surface area contributed by atoms with Crippen molar-refractivity contribution in [2.75, 3.05) is 0 Å². The predicted octanol–water partition coefficient (Wildman–Crippen LogP) is 2.64. The summed E-state index contributed by atoms with van der Waals surface area (Å²) in [4.78, 5) is 0. The number of rotatable bonds is 6. The van der Waals surface area contributed by atoms with Gasteiger partial charge < -0.3 is 9.84 Å². The highest BCUT2D eigenvalue weighted by Crippen LogP contribution is 2.05. The average Bonchev–Trinajstić information content (AvgIpc) is 2.05. The molecule has 0 aliphatic carbocycles.